The first-order valence-electron chi connectivity index (χ1n) is 10.4. The molecule has 0 atom stereocenters. The van der Waals surface area contributed by atoms with E-state index in [0.29, 0.717) is 35.2 Å². The number of oxazole rings is 1. The third-order valence-corrected chi connectivity index (χ3v) is 6.58. The number of benzene rings is 1. The fourth-order valence-electron chi connectivity index (χ4n) is 3.41. The molecule has 1 aliphatic heterocycles. The fourth-order valence-corrected chi connectivity index (χ4v) is 4.69. The van der Waals surface area contributed by atoms with Crippen molar-refractivity contribution in [3.8, 4) is 17.2 Å². The lowest BCUT2D eigenvalue weighted by atomic mass is 10.2. The van der Waals surface area contributed by atoms with E-state index < -0.39 is 21.5 Å². The lowest BCUT2D eigenvalue weighted by molar-refractivity contribution is -0.908. The van der Waals surface area contributed by atoms with Crippen molar-refractivity contribution < 1.29 is 32.0 Å². The number of carbonyl (C=O) groups is 1. The average Bonchev–Trinajstić information content (AvgIpc) is 3.11. The second-order valence-electron chi connectivity index (χ2n) is 7.60. The van der Waals surface area contributed by atoms with E-state index in [2.05, 4.69) is 10.3 Å². The highest BCUT2D eigenvalue weighted by molar-refractivity contribution is 7.91. The van der Waals surface area contributed by atoms with Crippen molar-refractivity contribution in [1.82, 2.24) is 10.3 Å². The summed E-state index contributed by atoms with van der Waals surface area (Å²) in [6.45, 7) is 6.53. The van der Waals surface area contributed by atoms with Crippen LogP contribution in [-0.4, -0.2) is 71.6 Å². The van der Waals surface area contributed by atoms with Crippen LogP contribution in [0.5, 0.6) is 5.75 Å². The molecule has 1 amide bonds. The molecule has 0 spiro atoms. The van der Waals surface area contributed by atoms with Crippen molar-refractivity contribution in [2.75, 3.05) is 52.3 Å². The highest BCUT2D eigenvalue weighted by Gasteiger charge is 2.22. The fraction of sp³-hybridized carbons (Fsp3) is 0.524. The Morgan fingerprint density at radius 2 is 1.94 bits per heavy atom. The van der Waals surface area contributed by atoms with Gasteiger partial charge in [-0.25, -0.2) is 13.4 Å². The maximum Gasteiger partial charge on any atom is 0.235 e. The summed E-state index contributed by atoms with van der Waals surface area (Å²) in [4.78, 5) is 17.9. The molecule has 9 nitrogen and oxygen atoms in total. The van der Waals surface area contributed by atoms with Crippen LogP contribution in [0.4, 0.5) is 0 Å². The number of ether oxygens (including phenoxy) is 2. The van der Waals surface area contributed by atoms with Gasteiger partial charge in [0.2, 0.25) is 11.8 Å². The predicted octanol–water partition coefficient (Wildman–Crippen LogP) is -0.00518. The lowest BCUT2D eigenvalue weighted by Gasteiger charge is -2.23. The zero-order chi connectivity index (χ0) is 22.3. The van der Waals surface area contributed by atoms with E-state index in [-0.39, 0.29) is 5.75 Å². The number of hydrogen-bond donors (Lipinski definition) is 2. The third kappa shape index (κ3) is 7.05. The number of aromatic nitrogens is 1. The minimum Gasteiger partial charge on any atom is -0.497 e. The molecule has 31 heavy (non-hydrogen) atoms. The number of quaternary nitrogens is 1. The van der Waals surface area contributed by atoms with Crippen LogP contribution < -0.4 is 15.0 Å². The van der Waals surface area contributed by atoms with Crippen molar-refractivity contribution >= 4 is 15.7 Å². The number of morpholine rings is 1. The van der Waals surface area contributed by atoms with Gasteiger partial charge in [0, 0.05) is 18.5 Å². The second-order valence-corrected chi connectivity index (χ2v) is 9.66. The molecular formula is C21H30N3O6S+. The van der Waals surface area contributed by atoms with Gasteiger partial charge in [0.05, 0.1) is 38.3 Å². The van der Waals surface area contributed by atoms with Crippen LogP contribution in [0.3, 0.4) is 0 Å². The van der Waals surface area contributed by atoms with E-state index in [1.54, 1.807) is 38.3 Å². The molecule has 1 aliphatic rings. The molecule has 2 heterocycles. The van der Waals surface area contributed by atoms with Gasteiger partial charge in [0.25, 0.3) is 0 Å². The number of sulfone groups is 1. The van der Waals surface area contributed by atoms with Crippen molar-refractivity contribution in [3.63, 3.8) is 0 Å². The maximum absolute atomic E-state index is 12.5. The Morgan fingerprint density at radius 3 is 2.61 bits per heavy atom. The van der Waals surface area contributed by atoms with Gasteiger partial charge in [0.15, 0.2) is 9.84 Å². The van der Waals surface area contributed by atoms with Gasteiger partial charge in [0.1, 0.15) is 30.4 Å². The van der Waals surface area contributed by atoms with E-state index in [1.165, 1.54) is 4.90 Å². The maximum atomic E-state index is 12.5. The Balaban J connectivity index is 1.49. The molecule has 1 fully saturated rings. The van der Waals surface area contributed by atoms with E-state index in [0.717, 1.165) is 39.3 Å². The van der Waals surface area contributed by atoms with Crippen molar-refractivity contribution in [2.45, 2.75) is 19.1 Å². The molecule has 0 radical (unpaired) electrons. The molecule has 2 N–H and O–H groups in total. The molecule has 2 aromatic rings. The first-order valence-corrected chi connectivity index (χ1v) is 12.2. The normalized spacial score (nSPS) is 15.0. The Kier molecular flexibility index (Phi) is 8.05. The zero-order valence-electron chi connectivity index (χ0n) is 18.0. The Labute approximate surface area is 182 Å². The van der Waals surface area contributed by atoms with Crippen LogP contribution in [0, 0.1) is 6.92 Å². The van der Waals surface area contributed by atoms with Gasteiger partial charge in [-0.1, -0.05) is 0 Å². The highest BCUT2D eigenvalue weighted by atomic mass is 32.2. The third-order valence-electron chi connectivity index (χ3n) is 5.17. The van der Waals surface area contributed by atoms with Crippen LogP contribution in [0.2, 0.25) is 0 Å². The number of nitrogens with one attached hydrogen (secondary N) is 2. The number of amides is 1. The number of aryl methyl sites for hydroxylation is 1. The Morgan fingerprint density at radius 1 is 1.23 bits per heavy atom. The molecule has 0 unspecified atom stereocenters. The number of rotatable bonds is 10. The SMILES string of the molecule is COc1ccc(-c2nc(CS(=O)(=O)CC(=O)NCCC[NH+]3CCOCC3)c(C)o2)cc1. The zero-order valence-corrected chi connectivity index (χ0v) is 18.8. The summed E-state index contributed by atoms with van der Waals surface area (Å²) < 4.78 is 41.1. The van der Waals surface area contributed by atoms with Gasteiger partial charge >= 0.3 is 0 Å². The topological polar surface area (TPSA) is 112 Å². The van der Waals surface area contributed by atoms with Crippen molar-refractivity contribution in [1.29, 1.82) is 0 Å². The number of carbonyl (C=O) groups excluding carboxylic acids is 1. The largest absolute Gasteiger partial charge is 0.497 e. The monoisotopic (exact) mass is 452 g/mol. The number of methoxy groups -OCH3 is 1. The van der Waals surface area contributed by atoms with Crippen LogP contribution in [0.15, 0.2) is 28.7 Å². The van der Waals surface area contributed by atoms with Crippen molar-refractivity contribution in [2.24, 2.45) is 0 Å². The molecular weight excluding hydrogens is 422 g/mol. The van der Waals surface area contributed by atoms with Crippen LogP contribution in [0.25, 0.3) is 11.5 Å². The molecule has 10 heteroatoms. The van der Waals surface area contributed by atoms with E-state index >= 15 is 0 Å². The smallest absolute Gasteiger partial charge is 0.235 e. The quantitative estimate of drug-likeness (QED) is 0.488. The van der Waals surface area contributed by atoms with Crippen molar-refractivity contribution in [3.05, 3.63) is 35.7 Å². The van der Waals surface area contributed by atoms with Crippen LogP contribution >= 0.6 is 0 Å². The van der Waals surface area contributed by atoms with Gasteiger partial charge < -0.3 is 24.1 Å². The van der Waals surface area contributed by atoms with E-state index in [4.69, 9.17) is 13.9 Å². The summed E-state index contributed by atoms with van der Waals surface area (Å²) in [7, 11) is -2.09. The molecule has 0 aliphatic carbocycles. The molecule has 1 saturated heterocycles. The summed E-state index contributed by atoms with van der Waals surface area (Å²) >= 11 is 0. The van der Waals surface area contributed by atoms with Crippen LogP contribution in [0.1, 0.15) is 17.9 Å². The minimum absolute atomic E-state index is 0.314. The Bertz CT molecular complexity index is 966. The molecule has 170 valence electrons. The standard InChI is InChI=1S/C21H29N3O6S/c1-16-19(23-21(30-16)17-4-6-18(28-2)7-5-17)14-31(26,27)15-20(25)22-8-3-9-24-10-12-29-13-11-24/h4-7H,3,8-15H2,1-2H3,(H,22,25)/p+1. The first kappa shape index (κ1) is 23.2. The molecule has 0 bridgehead atoms. The second kappa shape index (κ2) is 10.7. The predicted molar refractivity (Wildman–Crippen MR) is 115 cm³/mol. The molecule has 1 aromatic carbocycles. The summed E-state index contributed by atoms with van der Waals surface area (Å²) in [5.41, 5.74) is 1.03. The summed E-state index contributed by atoms with van der Waals surface area (Å²) in [6, 6.07) is 7.12. The molecule has 1 aromatic heterocycles. The molecule has 0 saturated carbocycles. The first-order chi connectivity index (χ1) is 14.9. The van der Waals surface area contributed by atoms with E-state index in [1.807, 2.05) is 0 Å². The molecule has 3 rings (SSSR count). The van der Waals surface area contributed by atoms with Crippen LogP contribution in [-0.2, 0) is 25.1 Å². The lowest BCUT2D eigenvalue weighted by Crippen LogP contribution is -3.14. The number of hydrogen-bond acceptors (Lipinski definition) is 7. The van der Waals surface area contributed by atoms with E-state index in [9.17, 15) is 13.2 Å². The highest BCUT2D eigenvalue weighted by Crippen LogP contribution is 2.25. The minimum atomic E-state index is -3.67. The Hall–Kier alpha value is -2.43. The van der Waals surface area contributed by atoms with Gasteiger partial charge in [-0.05, 0) is 31.2 Å². The summed E-state index contributed by atoms with van der Waals surface area (Å²) in [5.74, 6) is 0.0511. The summed E-state index contributed by atoms with van der Waals surface area (Å²) in [5, 5.41) is 2.70. The van der Waals surface area contributed by atoms with Gasteiger partial charge in [-0.2, -0.15) is 0 Å². The number of nitrogens with zero attached hydrogens (tertiary/aromatic N) is 1. The van der Waals surface area contributed by atoms with Gasteiger partial charge in [-0.15, -0.1) is 0 Å². The summed E-state index contributed by atoms with van der Waals surface area (Å²) in [6.07, 6.45) is 0.800. The average molecular weight is 453 g/mol. The van der Waals surface area contributed by atoms with Gasteiger partial charge in [-0.3, -0.25) is 4.79 Å².